The van der Waals surface area contributed by atoms with Gasteiger partial charge in [-0.25, -0.2) is 4.98 Å². The molecule has 3 saturated heterocycles. The fourth-order valence-electron chi connectivity index (χ4n) is 5.54. The number of alkyl halides is 1. The number of likely N-dealkylation sites (tertiary alicyclic amines) is 1. The number of likely N-dealkylation sites (N-methyl/N-ethyl adjacent to an activating group) is 1. The van der Waals surface area contributed by atoms with Crippen LogP contribution in [0.3, 0.4) is 0 Å². The summed E-state index contributed by atoms with van der Waals surface area (Å²) in [5.74, 6) is -0.654. The molecule has 0 bridgehead atoms. The number of nitrogens with zero attached hydrogens (tertiary/aromatic N) is 4. The summed E-state index contributed by atoms with van der Waals surface area (Å²) in [7, 11) is 2.06. The Morgan fingerprint density at radius 1 is 1.27 bits per heavy atom. The number of ether oxygens (including phenoxy) is 1. The lowest BCUT2D eigenvalue weighted by molar-refractivity contribution is -0.136. The molecule has 1 aromatic heterocycles. The van der Waals surface area contributed by atoms with Crippen LogP contribution in [0.2, 0.25) is 0 Å². The first-order valence-corrected chi connectivity index (χ1v) is 15.2. The number of nitrogens with one attached hydrogen (secondary N) is 1. The van der Waals surface area contributed by atoms with Gasteiger partial charge >= 0.3 is 0 Å². The van der Waals surface area contributed by atoms with E-state index in [1.165, 1.54) is 4.90 Å². The van der Waals surface area contributed by atoms with Crippen molar-refractivity contribution in [2.24, 2.45) is 5.92 Å². The molecule has 0 spiro atoms. The molecule has 0 unspecified atom stereocenters. The number of rotatable bonds is 7. The summed E-state index contributed by atoms with van der Waals surface area (Å²) in [6.07, 6.45) is -0.131. The van der Waals surface area contributed by atoms with Crippen molar-refractivity contribution in [2.45, 2.75) is 48.8 Å². The summed E-state index contributed by atoms with van der Waals surface area (Å²) in [6.45, 7) is 7.46. The predicted octanol–water partition coefficient (Wildman–Crippen LogP) is 2.68. The van der Waals surface area contributed by atoms with Crippen LogP contribution in [0.25, 0.3) is 11.3 Å². The van der Waals surface area contributed by atoms with Gasteiger partial charge < -0.3 is 29.9 Å². The minimum atomic E-state index is -1.53. The average Bonchev–Trinajstić information content (AvgIpc) is 3.56. The number of fused-ring (bicyclic) bond motifs is 1. The van der Waals surface area contributed by atoms with Crippen molar-refractivity contribution in [2.75, 3.05) is 51.3 Å². The van der Waals surface area contributed by atoms with Gasteiger partial charge in [-0.15, -0.1) is 24.2 Å². The van der Waals surface area contributed by atoms with Gasteiger partial charge in [-0.2, -0.15) is 4.39 Å². The number of thiol groups is 1. The smallest absolute Gasteiger partial charge is 0.251 e. The van der Waals surface area contributed by atoms with E-state index in [9.17, 15) is 19.1 Å². The van der Waals surface area contributed by atoms with Gasteiger partial charge in [0.25, 0.3) is 5.91 Å². The first-order chi connectivity index (χ1) is 18.9. The molecule has 2 amide bonds. The molecular formula is C27H35ClFN5O4S2. The van der Waals surface area contributed by atoms with Gasteiger partial charge in [0.2, 0.25) is 11.0 Å². The van der Waals surface area contributed by atoms with Crippen molar-refractivity contribution in [3.63, 3.8) is 0 Å². The van der Waals surface area contributed by atoms with Crippen LogP contribution in [0, 0.1) is 11.0 Å². The SMILES string of the molecule is CC(C)C[C@H](NC(=O)c1ccc(-c2nc(N3CCN(C)CC3)sc2F)cc1)C(=O)N1C[C@@H](Cl)[C@H]2OC[C@@](O)(S)[C@H]21. The van der Waals surface area contributed by atoms with E-state index in [2.05, 4.69) is 39.8 Å². The minimum absolute atomic E-state index is 0.0392. The number of carbonyl (C=O) groups is 2. The Kier molecular flexibility index (Phi) is 8.66. The van der Waals surface area contributed by atoms with Gasteiger partial charge in [-0.3, -0.25) is 9.59 Å². The first kappa shape index (κ1) is 29.5. The maximum atomic E-state index is 14.8. The van der Waals surface area contributed by atoms with Crippen molar-refractivity contribution in [1.82, 2.24) is 20.1 Å². The first-order valence-electron chi connectivity index (χ1n) is 13.5. The zero-order chi connectivity index (χ0) is 28.8. The summed E-state index contributed by atoms with van der Waals surface area (Å²) in [5, 5.41) is 13.4. The third-order valence-electron chi connectivity index (χ3n) is 7.70. The second-order valence-electron chi connectivity index (χ2n) is 11.2. The number of hydrogen-bond donors (Lipinski definition) is 3. The molecule has 0 saturated carbocycles. The van der Waals surface area contributed by atoms with E-state index in [0.717, 1.165) is 37.5 Å². The van der Waals surface area contributed by atoms with Crippen molar-refractivity contribution in [3.8, 4) is 11.3 Å². The van der Waals surface area contributed by atoms with Gasteiger partial charge in [0, 0.05) is 43.9 Å². The summed E-state index contributed by atoms with van der Waals surface area (Å²) < 4.78 is 20.5. The van der Waals surface area contributed by atoms with Crippen molar-refractivity contribution in [3.05, 3.63) is 35.0 Å². The fraction of sp³-hybridized carbons (Fsp3) is 0.593. The van der Waals surface area contributed by atoms with E-state index >= 15 is 0 Å². The van der Waals surface area contributed by atoms with Crippen LogP contribution in [-0.4, -0.2) is 107 Å². The van der Waals surface area contributed by atoms with E-state index in [1.54, 1.807) is 24.3 Å². The molecule has 2 N–H and O–H groups in total. The molecule has 3 fully saturated rings. The number of thiazole rings is 1. The molecule has 9 nitrogen and oxygen atoms in total. The Bertz CT molecular complexity index is 1240. The number of amides is 2. The summed E-state index contributed by atoms with van der Waals surface area (Å²) in [5.41, 5.74) is 1.17. The van der Waals surface area contributed by atoms with Crippen LogP contribution < -0.4 is 10.2 Å². The molecule has 0 radical (unpaired) electrons. The average molecular weight is 612 g/mol. The predicted molar refractivity (Wildman–Crippen MR) is 157 cm³/mol. The third-order valence-corrected chi connectivity index (χ3v) is 9.38. The Balaban J connectivity index is 1.29. The lowest BCUT2D eigenvalue weighted by atomic mass is 10.0. The fourth-order valence-corrected chi connectivity index (χ4v) is 7.13. The monoisotopic (exact) mass is 611 g/mol. The molecule has 3 aliphatic heterocycles. The van der Waals surface area contributed by atoms with Crippen LogP contribution in [0.1, 0.15) is 30.6 Å². The van der Waals surface area contributed by atoms with Crippen molar-refractivity contribution >= 4 is 52.5 Å². The topological polar surface area (TPSA) is 98.2 Å². The highest BCUT2D eigenvalue weighted by atomic mass is 35.5. The minimum Gasteiger partial charge on any atom is -0.375 e. The summed E-state index contributed by atoms with van der Waals surface area (Å²) in [4.78, 5) is 35.7. The zero-order valence-corrected chi connectivity index (χ0v) is 25.2. The highest BCUT2D eigenvalue weighted by Crippen LogP contribution is 2.40. The molecule has 40 heavy (non-hydrogen) atoms. The number of benzene rings is 1. The molecule has 0 aliphatic carbocycles. The second-order valence-corrected chi connectivity index (χ2v) is 13.5. The maximum Gasteiger partial charge on any atom is 0.251 e. The Morgan fingerprint density at radius 3 is 2.60 bits per heavy atom. The lowest BCUT2D eigenvalue weighted by Crippen LogP contribution is -2.55. The molecule has 1 aromatic carbocycles. The number of aliphatic hydroxyl groups is 1. The molecule has 218 valence electrons. The van der Waals surface area contributed by atoms with Gasteiger partial charge in [-0.1, -0.05) is 37.3 Å². The van der Waals surface area contributed by atoms with Crippen LogP contribution in [-0.2, 0) is 9.53 Å². The second kappa shape index (κ2) is 11.7. The van der Waals surface area contributed by atoms with Crippen LogP contribution in [0.5, 0.6) is 0 Å². The zero-order valence-electron chi connectivity index (χ0n) is 22.7. The van der Waals surface area contributed by atoms with Crippen molar-refractivity contribution < 1.29 is 23.8 Å². The molecule has 13 heteroatoms. The molecule has 4 heterocycles. The third kappa shape index (κ3) is 5.98. The Morgan fingerprint density at radius 2 is 1.95 bits per heavy atom. The molecule has 2 aromatic rings. The van der Waals surface area contributed by atoms with E-state index < -0.39 is 34.4 Å². The highest BCUT2D eigenvalue weighted by molar-refractivity contribution is 7.81. The number of carbonyl (C=O) groups excluding carboxylic acids is 2. The van der Waals surface area contributed by atoms with Gasteiger partial charge in [-0.05, 0) is 31.5 Å². The normalized spacial score (nSPS) is 27.8. The maximum absolute atomic E-state index is 14.8. The Labute approximate surface area is 248 Å². The van der Waals surface area contributed by atoms with Crippen molar-refractivity contribution in [1.29, 1.82) is 0 Å². The van der Waals surface area contributed by atoms with Gasteiger partial charge in [0.15, 0.2) is 10.1 Å². The molecule has 3 aliphatic rings. The van der Waals surface area contributed by atoms with E-state index in [4.69, 9.17) is 16.3 Å². The standard InChI is InChI=1S/C27H35ClFN5O4S2/c1-15(2)12-19(25(36)34-13-18(28)21-22(34)27(37,39)14-38-21)30-24(35)17-6-4-16(5-7-17)20-23(29)40-26(31-20)33-10-8-32(3)9-11-33/h4-7,15,18-19,21-22,37,39H,8-14H2,1-3H3,(H,30,35)/t18-,19+,21-,22+,27-/m1/s1. The van der Waals surface area contributed by atoms with Crippen LogP contribution in [0.15, 0.2) is 24.3 Å². The number of anilines is 1. The number of hydrogen-bond acceptors (Lipinski definition) is 9. The van der Waals surface area contributed by atoms with E-state index in [1.807, 2.05) is 13.8 Å². The quantitative estimate of drug-likeness (QED) is 0.252. The van der Waals surface area contributed by atoms with Crippen LogP contribution >= 0.6 is 35.6 Å². The molecular weight excluding hydrogens is 577 g/mol. The lowest BCUT2D eigenvalue weighted by Gasteiger charge is -2.33. The molecule has 5 rings (SSSR count). The summed E-state index contributed by atoms with van der Waals surface area (Å²) in [6, 6.07) is 5.00. The largest absolute Gasteiger partial charge is 0.375 e. The molecule has 5 atom stereocenters. The van der Waals surface area contributed by atoms with Gasteiger partial charge in [0.1, 0.15) is 11.7 Å². The van der Waals surface area contributed by atoms with E-state index in [0.29, 0.717) is 22.7 Å². The summed E-state index contributed by atoms with van der Waals surface area (Å²) >= 11 is 11.8. The number of halogens is 2. The number of piperazine rings is 1. The van der Waals surface area contributed by atoms with Crippen LogP contribution in [0.4, 0.5) is 9.52 Å². The van der Waals surface area contributed by atoms with Gasteiger partial charge in [0.05, 0.1) is 24.1 Å². The number of aromatic nitrogens is 1. The van der Waals surface area contributed by atoms with E-state index in [-0.39, 0.29) is 35.8 Å². The highest BCUT2D eigenvalue weighted by Gasteiger charge is 2.58. The Hall–Kier alpha value is -1.96.